The number of hydrogen-bond acceptors (Lipinski definition) is 5. The summed E-state index contributed by atoms with van der Waals surface area (Å²) in [7, 11) is 0. The van der Waals surface area contributed by atoms with E-state index in [2.05, 4.69) is 36.8 Å². The monoisotopic (exact) mass is 558 g/mol. The van der Waals surface area contributed by atoms with Crippen molar-refractivity contribution in [2.24, 2.45) is 5.10 Å². The summed E-state index contributed by atoms with van der Waals surface area (Å²) in [6, 6.07) is 24.2. The van der Waals surface area contributed by atoms with Gasteiger partial charge in [0.2, 0.25) is 0 Å². The Bertz CT molecular complexity index is 1380. The first-order chi connectivity index (χ1) is 17.5. The van der Waals surface area contributed by atoms with Crippen LogP contribution in [0.15, 0.2) is 106 Å². The van der Waals surface area contributed by atoms with Crippen molar-refractivity contribution >= 4 is 51.4 Å². The van der Waals surface area contributed by atoms with Gasteiger partial charge in [0.1, 0.15) is 0 Å². The largest absolute Gasteiger partial charge is 0.321 e. The molecular weight excluding hydrogens is 536 g/mol. The molecular formula is C28H23BrN4O2S. The number of rotatable bonds is 8. The number of anilines is 1. The smallest absolute Gasteiger partial charge is 0.273 e. The maximum atomic E-state index is 12.9. The molecule has 0 fully saturated rings. The summed E-state index contributed by atoms with van der Waals surface area (Å²) < 4.78 is 0.712. The average molecular weight is 559 g/mol. The lowest BCUT2D eigenvalue weighted by atomic mass is 10.1. The number of benzene rings is 3. The summed E-state index contributed by atoms with van der Waals surface area (Å²) in [5, 5.41) is 6.89. The summed E-state index contributed by atoms with van der Waals surface area (Å²) in [4.78, 5) is 30.9. The third-order valence-corrected chi connectivity index (χ3v) is 6.78. The lowest BCUT2D eigenvalue weighted by Crippen LogP contribution is -2.21. The van der Waals surface area contributed by atoms with E-state index >= 15 is 0 Å². The van der Waals surface area contributed by atoms with Crippen LogP contribution in [-0.2, 0) is 5.75 Å². The second-order valence-corrected chi connectivity index (χ2v) is 9.89. The Balaban J connectivity index is 1.40. The highest BCUT2D eigenvalue weighted by Gasteiger charge is 2.15. The highest BCUT2D eigenvalue weighted by molar-refractivity contribution is 9.10. The fourth-order valence-electron chi connectivity index (χ4n) is 3.24. The molecule has 6 nitrogen and oxygen atoms in total. The molecule has 0 saturated carbocycles. The molecule has 1 aromatic heterocycles. The maximum Gasteiger partial charge on any atom is 0.273 e. The standard InChI is InChI=1S/C28H23BrN4O2S/c1-19-2-4-20(5-3-19)17-31-33-28(35)25-16-23(29)10-11-26(25)32-27(34)22-8-6-21(7-9-22)18-36-24-12-14-30-15-13-24/h2-17H,18H2,1H3,(H,32,34)(H,33,35)/b31-17+. The molecule has 0 aliphatic rings. The molecule has 0 atom stereocenters. The van der Waals surface area contributed by atoms with Crippen LogP contribution in [0, 0.1) is 6.92 Å². The van der Waals surface area contributed by atoms with E-state index in [9.17, 15) is 9.59 Å². The van der Waals surface area contributed by atoms with Gasteiger partial charge in [-0.05, 0) is 60.5 Å². The minimum Gasteiger partial charge on any atom is -0.321 e. The van der Waals surface area contributed by atoms with Crippen LogP contribution in [0.2, 0.25) is 0 Å². The Labute approximate surface area is 222 Å². The van der Waals surface area contributed by atoms with E-state index in [4.69, 9.17) is 0 Å². The predicted octanol–water partition coefficient (Wildman–Crippen LogP) is 6.46. The lowest BCUT2D eigenvalue weighted by Gasteiger charge is -2.11. The van der Waals surface area contributed by atoms with Crippen LogP contribution in [0.5, 0.6) is 0 Å². The van der Waals surface area contributed by atoms with Crippen LogP contribution in [0.4, 0.5) is 5.69 Å². The number of amides is 2. The van der Waals surface area contributed by atoms with Gasteiger partial charge in [0.25, 0.3) is 11.8 Å². The number of hydrazone groups is 1. The second kappa shape index (κ2) is 12.3. The number of carbonyl (C=O) groups excluding carboxylic acids is 2. The van der Waals surface area contributed by atoms with E-state index in [1.54, 1.807) is 60.7 Å². The predicted molar refractivity (Wildman–Crippen MR) is 149 cm³/mol. The van der Waals surface area contributed by atoms with Crippen LogP contribution in [-0.4, -0.2) is 23.0 Å². The van der Waals surface area contributed by atoms with Gasteiger partial charge in [0.15, 0.2) is 0 Å². The van der Waals surface area contributed by atoms with Crippen molar-refractivity contribution < 1.29 is 9.59 Å². The Morgan fingerprint density at radius 1 is 0.944 bits per heavy atom. The Hall–Kier alpha value is -3.75. The van der Waals surface area contributed by atoms with Crippen molar-refractivity contribution in [3.05, 3.63) is 124 Å². The first-order valence-electron chi connectivity index (χ1n) is 11.1. The highest BCUT2D eigenvalue weighted by atomic mass is 79.9. The minimum absolute atomic E-state index is 0.296. The number of aryl methyl sites for hydroxylation is 1. The van der Waals surface area contributed by atoms with E-state index in [1.807, 2.05) is 55.5 Å². The molecule has 0 spiro atoms. The zero-order valence-corrected chi connectivity index (χ0v) is 21.8. The number of halogens is 1. The Morgan fingerprint density at radius 3 is 2.39 bits per heavy atom. The lowest BCUT2D eigenvalue weighted by molar-refractivity contribution is 0.0956. The summed E-state index contributed by atoms with van der Waals surface area (Å²) in [5.41, 5.74) is 6.83. The first-order valence-corrected chi connectivity index (χ1v) is 12.9. The summed E-state index contributed by atoms with van der Waals surface area (Å²) in [6.45, 7) is 2.00. The molecule has 0 bridgehead atoms. The molecule has 2 amide bonds. The van der Waals surface area contributed by atoms with Crippen molar-refractivity contribution in [1.82, 2.24) is 10.4 Å². The summed E-state index contributed by atoms with van der Waals surface area (Å²) in [5.74, 6) is 0.0489. The number of thioether (sulfide) groups is 1. The normalized spacial score (nSPS) is 10.8. The van der Waals surface area contributed by atoms with Crippen LogP contribution in [0.1, 0.15) is 37.4 Å². The molecule has 0 aliphatic carbocycles. The van der Waals surface area contributed by atoms with E-state index in [-0.39, 0.29) is 5.91 Å². The number of nitrogens with zero attached hydrogens (tertiary/aromatic N) is 2. The average Bonchev–Trinajstić information content (AvgIpc) is 2.90. The molecule has 0 saturated heterocycles. The zero-order valence-electron chi connectivity index (χ0n) is 19.4. The van der Waals surface area contributed by atoms with E-state index in [1.165, 1.54) is 0 Å². The van der Waals surface area contributed by atoms with Gasteiger partial charge in [-0.25, -0.2) is 5.43 Å². The van der Waals surface area contributed by atoms with Crippen molar-refractivity contribution in [3.8, 4) is 0 Å². The Kier molecular flexibility index (Phi) is 8.65. The second-order valence-electron chi connectivity index (χ2n) is 7.92. The minimum atomic E-state index is -0.432. The number of pyridine rings is 1. The van der Waals surface area contributed by atoms with Gasteiger partial charge in [-0.15, -0.1) is 11.8 Å². The molecule has 0 aliphatic heterocycles. The summed E-state index contributed by atoms with van der Waals surface area (Å²) >= 11 is 5.09. The van der Waals surface area contributed by atoms with Crippen LogP contribution in [0.25, 0.3) is 0 Å². The van der Waals surface area contributed by atoms with E-state index < -0.39 is 5.91 Å². The van der Waals surface area contributed by atoms with Gasteiger partial charge in [-0.2, -0.15) is 5.10 Å². The van der Waals surface area contributed by atoms with Gasteiger partial charge in [-0.3, -0.25) is 14.6 Å². The van der Waals surface area contributed by atoms with Crippen LogP contribution >= 0.6 is 27.7 Å². The van der Waals surface area contributed by atoms with Crippen LogP contribution in [0.3, 0.4) is 0 Å². The van der Waals surface area contributed by atoms with E-state index in [0.29, 0.717) is 21.3 Å². The molecule has 0 unspecified atom stereocenters. The fraction of sp³-hybridized carbons (Fsp3) is 0.0714. The molecule has 0 radical (unpaired) electrons. The molecule has 4 aromatic rings. The zero-order chi connectivity index (χ0) is 25.3. The van der Waals surface area contributed by atoms with Crippen molar-refractivity contribution in [2.75, 3.05) is 5.32 Å². The quantitative estimate of drug-likeness (QED) is 0.147. The van der Waals surface area contributed by atoms with E-state index in [0.717, 1.165) is 27.3 Å². The van der Waals surface area contributed by atoms with Gasteiger partial charge in [0.05, 0.1) is 17.5 Å². The van der Waals surface area contributed by atoms with Crippen molar-refractivity contribution in [3.63, 3.8) is 0 Å². The van der Waals surface area contributed by atoms with Gasteiger partial charge in [0, 0.05) is 33.1 Å². The fourth-order valence-corrected chi connectivity index (χ4v) is 4.44. The number of nitrogens with one attached hydrogen (secondary N) is 2. The van der Waals surface area contributed by atoms with Crippen molar-refractivity contribution in [2.45, 2.75) is 17.6 Å². The highest BCUT2D eigenvalue weighted by Crippen LogP contribution is 2.24. The SMILES string of the molecule is Cc1ccc(/C=N/NC(=O)c2cc(Br)ccc2NC(=O)c2ccc(CSc3ccncc3)cc2)cc1. The molecule has 3 aromatic carbocycles. The molecule has 1 heterocycles. The maximum absolute atomic E-state index is 12.9. The van der Waals surface area contributed by atoms with Crippen LogP contribution < -0.4 is 10.7 Å². The molecule has 36 heavy (non-hydrogen) atoms. The number of aromatic nitrogens is 1. The molecule has 4 rings (SSSR count). The molecule has 8 heteroatoms. The van der Waals surface area contributed by atoms with Crippen molar-refractivity contribution in [1.29, 1.82) is 0 Å². The molecule has 2 N–H and O–H groups in total. The third kappa shape index (κ3) is 7.13. The first kappa shape index (κ1) is 25.3. The number of hydrogen-bond donors (Lipinski definition) is 2. The topological polar surface area (TPSA) is 83.5 Å². The Morgan fingerprint density at radius 2 is 1.67 bits per heavy atom. The third-order valence-electron chi connectivity index (χ3n) is 5.20. The summed E-state index contributed by atoms with van der Waals surface area (Å²) in [6.07, 6.45) is 5.10. The van der Waals surface area contributed by atoms with Gasteiger partial charge >= 0.3 is 0 Å². The molecule has 180 valence electrons. The number of carbonyl (C=O) groups is 2. The van der Waals surface area contributed by atoms with Gasteiger partial charge < -0.3 is 5.32 Å². The van der Waals surface area contributed by atoms with Gasteiger partial charge in [-0.1, -0.05) is 57.9 Å².